The van der Waals surface area contributed by atoms with E-state index in [0.717, 1.165) is 32.1 Å². The van der Waals surface area contributed by atoms with Crippen molar-refractivity contribution in [2.75, 3.05) is 0 Å². The zero-order valence-electron chi connectivity index (χ0n) is 13.5. The smallest absolute Gasteiger partial charge is 0.330 e. The highest BCUT2D eigenvalue weighted by atomic mass is 16.6. The molecule has 0 fully saturated rings. The normalized spacial score (nSPS) is 14.9. The summed E-state index contributed by atoms with van der Waals surface area (Å²) in [5.74, 6) is -0.642. The second-order valence-electron chi connectivity index (χ2n) is 5.43. The molecule has 0 saturated heterocycles. The number of hydrogen-bond acceptors (Lipinski definition) is 5. The predicted molar refractivity (Wildman–Crippen MR) is 82.4 cm³/mol. The van der Waals surface area contributed by atoms with Crippen molar-refractivity contribution in [3.8, 4) is 0 Å². The molecule has 0 saturated carbocycles. The van der Waals surface area contributed by atoms with Gasteiger partial charge < -0.3 is 9.47 Å². The molecule has 0 heterocycles. The second-order valence-corrected chi connectivity index (χ2v) is 5.43. The number of unbranched alkanes of at least 4 members (excludes halogenated alkanes) is 2. The lowest BCUT2D eigenvalue weighted by Gasteiger charge is -2.27. The predicted octanol–water partition coefficient (Wildman–Crippen LogP) is 3.07. The summed E-state index contributed by atoms with van der Waals surface area (Å²) in [4.78, 5) is 22.7. The summed E-state index contributed by atoms with van der Waals surface area (Å²) in [5.41, 5.74) is 5.08. The molecule has 5 nitrogen and oxygen atoms in total. The SMILES string of the molecule is C=CC(=O)OC(C)(CC)CCCCCC(=O)OC(N)CC. The monoisotopic (exact) mass is 299 g/mol. The van der Waals surface area contributed by atoms with E-state index in [9.17, 15) is 9.59 Å². The van der Waals surface area contributed by atoms with Crippen molar-refractivity contribution in [3.63, 3.8) is 0 Å². The standard InChI is InChI=1S/C16H29NO4/c1-5-13(17)20-15(19)11-9-8-10-12-16(4,7-3)21-14(18)6-2/h6,13H,2,5,7-12,17H2,1,3-4H3. The number of carbonyl (C=O) groups excluding carboxylic acids is 2. The largest absolute Gasteiger partial charge is 0.456 e. The van der Waals surface area contributed by atoms with Gasteiger partial charge in [0.15, 0.2) is 6.23 Å². The number of carbonyl (C=O) groups is 2. The Morgan fingerprint density at radius 2 is 1.95 bits per heavy atom. The van der Waals surface area contributed by atoms with Crippen LogP contribution < -0.4 is 5.73 Å². The molecule has 21 heavy (non-hydrogen) atoms. The van der Waals surface area contributed by atoms with Crippen LogP contribution in [0.2, 0.25) is 0 Å². The van der Waals surface area contributed by atoms with Crippen LogP contribution in [0.4, 0.5) is 0 Å². The van der Waals surface area contributed by atoms with Gasteiger partial charge in [-0.15, -0.1) is 0 Å². The lowest BCUT2D eigenvalue weighted by Crippen LogP contribution is -2.30. The summed E-state index contributed by atoms with van der Waals surface area (Å²) in [6.45, 7) is 9.18. The van der Waals surface area contributed by atoms with Crippen LogP contribution in [-0.2, 0) is 19.1 Å². The Hall–Kier alpha value is -1.36. The maximum absolute atomic E-state index is 11.4. The van der Waals surface area contributed by atoms with E-state index in [1.54, 1.807) is 0 Å². The van der Waals surface area contributed by atoms with Crippen LogP contribution in [0.15, 0.2) is 12.7 Å². The lowest BCUT2D eigenvalue weighted by molar-refractivity contribution is -0.153. The molecule has 0 amide bonds. The van der Waals surface area contributed by atoms with E-state index < -0.39 is 17.8 Å². The van der Waals surface area contributed by atoms with Gasteiger partial charge in [-0.3, -0.25) is 10.5 Å². The number of ether oxygens (including phenoxy) is 2. The maximum Gasteiger partial charge on any atom is 0.330 e. The molecule has 0 radical (unpaired) electrons. The zero-order valence-corrected chi connectivity index (χ0v) is 13.5. The molecule has 2 N–H and O–H groups in total. The Bertz CT molecular complexity index is 343. The molecule has 5 heteroatoms. The number of nitrogens with two attached hydrogens (primary N) is 1. The fraction of sp³-hybridized carbons (Fsp3) is 0.750. The van der Waals surface area contributed by atoms with Gasteiger partial charge in [-0.05, 0) is 39.0 Å². The highest BCUT2D eigenvalue weighted by Crippen LogP contribution is 2.23. The Kier molecular flexibility index (Phi) is 9.71. The van der Waals surface area contributed by atoms with Gasteiger partial charge in [-0.25, -0.2) is 4.79 Å². The van der Waals surface area contributed by atoms with Gasteiger partial charge in [0.25, 0.3) is 0 Å². The highest BCUT2D eigenvalue weighted by Gasteiger charge is 2.25. The summed E-state index contributed by atoms with van der Waals surface area (Å²) in [6.07, 6.45) is 5.73. The zero-order chi connectivity index (χ0) is 16.3. The van der Waals surface area contributed by atoms with Gasteiger partial charge in [0, 0.05) is 12.5 Å². The van der Waals surface area contributed by atoms with Crippen LogP contribution in [0.5, 0.6) is 0 Å². The molecule has 0 aliphatic heterocycles. The molecule has 0 bridgehead atoms. The number of esters is 2. The van der Waals surface area contributed by atoms with E-state index in [4.69, 9.17) is 15.2 Å². The van der Waals surface area contributed by atoms with E-state index in [1.165, 1.54) is 6.08 Å². The highest BCUT2D eigenvalue weighted by molar-refractivity contribution is 5.81. The molecule has 0 spiro atoms. The van der Waals surface area contributed by atoms with Gasteiger partial charge in [-0.2, -0.15) is 0 Å². The number of hydrogen-bond donors (Lipinski definition) is 1. The first-order chi connectivity index (χ1) is 9.86. The summed E-state index contributed by atoms with van der Waals surface area (Å²) >= 11 is 0. The molecule has 0 aliphatic rings. The Morgan fingerprint density at radius 1 is 1.29 bits per heavy atom. The van der Waals surface area contributed by atoms with Crippen molar-refractivity contribution in [2.24, 2.45) is 5.73 Å². The first kappa shape index (κ1) is 19.6. The van der Waals surface area contributed by atoms with Crippen LogP contribution in [-0.4, -0.2) is 23.8 Å². The molecule has 2 unspecified atom stereocenters. The quantitative estimate of drug-likeness (QED) is 0.274. The van der Waals surface area contributed by atoms with Crippen LogP contribution in [0, 0.1) is 0 Å². The Balaban J connectivity index is 3.89. The molecule has 0 aromatic carbocycles. The maximum atomic E-state index is 11.4. The number of rotatable bonds is 11. The first-order valence-corrected chi connectivity index (χ1v) is 7.67. The Morgan fingerprint density at radius 3 is 2.48 bits per heavy atom. The van der Waals surface area contributed by atoms with Gasteiger partial charge in [0.05, 0.1) is 0 Å². The Labute approximate surface area is 127 Å². The molecule has 0 aromatic heterocycles. The van der Waals surface area contributed by atoms with E-state index in [1.807, 2.05) is 20.8 Å². The van der Waals surface area contributed by atoms with E-state index >= 15 is 0 Å². The van der Waals surface area contributed by atoms with Gasteiger partial charge in [0.1, 0.15) is 5.60 Å². The minimum Gasteiger partial charge on any atom is -0.456 e. The molecular weight excluding hydrogens is 270 g/mol. The van der Waals surface area contributed by atoms with Gasteiger partial charge >= 0.3 is 11.9 Å². The summed E-state index contributed by atoms with van der Waals surface area (Å²) in [6, 6.07) is 0. The molecule has 0 aromatic rings. The molecule has 0 rings (SSSR count). The van der Waals surface area contributed by atoms with Crippen LogP contribution >= 0.6 is 0 Å². The molecular formula is C16H29NO4. The van der Waals surface area contributed by atoms with Crippen molar-refractivity contribution >= 4 is 11.9 Å². The summed E-state index contributed by atoms with van der Waals surface area (Å²) in [5, 5.41) is 0. The minimum atomic E-state index is -0.501. The average Bonchev–Trinajstić information content (AvgIpc) is 2.46. The second kappa shape index (κ2) is 10.4. The van der Waals surface area contributed by atoms with Crippen molar-refractivity contribution in [1.82, 2.24) is 0 Å². The van der Waals surface area contributed by atoms with Crippen molar-refractivity contribution < 1.29 is 19.1 Å². The molecule has 2 atom stereocenters. The summed E-state index contributed by atoms with van der Waals surface area (Å²) < 4.78 is 10.4. The van der Waals surface area contributed by atoms with Crippen molar-refractivity contribution in [3.05, 3.63) is 12.7 Å². The van der Waals surface area contributed by atoms with Crippen LogP contribution in [0.25, 0.3) is 0 Å². The fourth-order valence-corrected chi connectivity index (χ4v) is 1.84. The van der Waals surface area contributed by atoms with Gasteiger partial charge in [0.2, 0.25) is 0 Å². The summed E-state index contributed by atoms with van der Waals surface area (Å²) in [7, 11) is 0. The van der Waals surface area contributed by atoms with Crippen molar-refractivity contribution in [2.45, 2.75) is 77.5 Å². The third-order valence-electron chi connectivity index (χ3n) is 3.53. The van der Waals surface area contributed by atoms with E-state index in [2.05, 4.69) is 6.58 Å². The minimum absolute atomic E-state index is 0.249. The molecule has 122 valence electrons. The lowest BCUT2D eigenvalue weighted by atomic mass is 9.95. The molecule has 0 aliphatic carbocycles. The van der Waals surface area contributed by atoms with Gasteiger partial charge in [-0.1, -0.05) is 26.8 Å². The van der Waals surface area contributed by atoms with Crippen LogP contribution in [0.1, 0.15) is 65.7 Å². The van der Waals surface area contributed by atoms with Crippen molar-refractivity contribution in [1.29, 1.82) is 0 Å². The van der Waals surface area contributed by atoms with Crippen LogP contribution in [0.3, 0.4) is 0 Å². The fourth-order valence-electron chi connectivity index (χ4n) is 1.84. The van der Waals surface area contributed by atoms with E-state index in [-0.39, 0.29) is 5.97 Å². The average molecular weight is 299 g/mol. The third kappa shape index (κ3) is 9.24. The topological polar surface area (TPSA) is 78.6 Å². The van der Waals surface area contributed by atoms with E-state index in [0.29, 0.717) is 12.8 Å². The first-order valence-electron chi connectivity index (χ1n) is 7.67. The third-order valence-corrected chi connectivity index (χ3v) is 3.53.